The Kier molecular flexibility index (Phi) is 8.69. The maximum absolute atomic E-state index is 12.5. The third-order valence-electron chi connectivity index (χ3n) is 4.72. The number of nitrogens with zero attached hydrogens (tertiary/aromatic N) is 2. The summed E-state index contributed by atoms with van der Waals surface area (Å²) in [6, 6.07) is -0.0157. The summed E-state index contributed by atoms with van der Waals surface area (Å²) in [7, 11) is 0. The van der Waals surface area contributed by atoms with E-state index in [-0.39, 0.29) is 24.5 Å². The van der Waals surface area contributed by atoms with Gasteiger partial charge in [-0.2, -0.15) is 0 Å². The molecular weight excluding hydrogens is 318 g/mol. The first-order valence-corrected chi connectivity index (χ1v) is 9.01. The van der Waals surface area contributed by atoms with E-state index in [1.807, 2.05) is 19.1 Å². The highest BCUT2D eigenvalue weighted by Crippen LogP contribution is 2.22. The first-order chi connectivity index (χ1) is 11.8. The van der Waals surface area contributed by atoms with Crippen molar-refractivity contribution in [2.75, 3.05) is 32.7 Å². The largest absolute Gasteiger partial charge is 0.481 e. The lowest BCUT2D eigenvalue weighted by Gasteiger charge is -2.36. The molecule has 0 radical (unpaired) electrons. The molecule has 25 heavy (non-hydrogen) atoms. The van der Waals surface area contributed by atoms with Gasteiger partial charge in [-0.15, -0.1) is 13.2 Å². The molecule has 1 heterocycles. The highest BCUT2D eigenvalue weighted by atomic mass is 16.4. The van der Waals surface area contributed by atoms with Gasteiger partial charge in [0.25, 0.3) is 0 Å². The number of hydrogen-bond donors (Lipinski definition) is 2. The molecule has 1 saturated heterocycles. The molecule has 0 aliphatic carbocycles. The standard InChI is InChI=1S/C19H33N3O3/c1-6-8-21(9-7-2)17(14(3)4)11-20-19(25)22-12-15(5)10-16(13-22)18(23)24/h6-7,14-17H,1-2,8-13H2,3-5H3,(H,20,25)(H,23,24). The SMILES string of the molecule is C=CCN(CC=C)C(CNC(=O)N1CC(C)CC(C(=O)O)C1)C(C)C. The number of carboxylic acids is 1. The second-order valence-electron chi connectivity index (χ2n) is 7.31. The Morgan fingerprint density at radius 1 is 1.28 bits per heavy atom. The number of hydrogen-bond acceptors (Lipinski definition) is 3. The zero-order valence-corrected chi connectivity index (χ0v) is 15.8. The molecule has 2 N–H and O–H groups in total. The van der Waals surface area contributed by atoms with Gasteiger partial charge in [-0.3, -0.25) is 9.69 Å². The number of carboxylic acid groups (broad SMARTS) is 1. The fraction of sp³-hybridized carbons (Fsp3) is 0.684. The molecule has 0 bridgehead atoms. The third-order valence-corrected chi connectivity index (χ3v) is 4.72. The van der Waals surface area contributed by atoms with Gasteiger partial charge in [-0.1, -0.05) is 32.9 Å². The van der Waals surface area contributed by atoms with Gasteiger partial charge in [0.1, 0.15) is 0 Å². The predicted molar refractivity (Wildman–Crippen MR) is 100 cm³/mol. The van der Waals surface area contributed by atoms with E-state index < -0.39 is 11.9 Å². The smallest absolute Gasteiger partial charge is 0.317 e. The fourth-order valence-electron chi connectivity index (χ4n) is 3.46. The van der Waals surface area contributed by atoms with Gasteiger partial charge < -0.3 is 15.3 Å². The first-order valence-electron chi connectivity index (χ1n) is 9.01. The average molecular weight is 351 g/mol. The Hall–Kier alpha value is -1.82. The second kappa shape index (κ2) is 10.2. The topological polar surface area (TPSA) is 72.9 Å². The van der Waals surface area contributed by atoms with Crippen molar-refractivity contribution in [2.45, 2.75) is 33.2 Å². The van der Waals surface area contributed by atoms with Crippen LogP contribution < -0.4 is 5.32 Å². The Morgan fingerprint density at radius 2 is 1.88 bits per heavy atom. The molecule has 1 aliphatic heterocycles. The molecule has 3 unspecified atom stereocenters. The average Bonchev–Trinajstić information content (AvgIpc) is 2.54. The van der Waals surface area contributed by atoms with E-state index in [9.17, 15) is 14.7 Å². The summed E-state index contributed by atoms with van der Waals surface area (Å²) in [5, 5.41) is 12.2. The van der Waals surface area contributed by atoms with Crippen molar-refractivity contribution < 1.29 is 14.7 Å². The molecule has 3 atom stereocenters. The minimum Gasteiger partial charge on any atom is -0.481 e. The lowest BCUT2D eigenvalue weighted by atomic mass is 9.91. The summed E-state index contributed by atoms with van der Waals surface area (Å²) < 4.78 is 0. The van der Waals surface area contributed by atoms with Crippen molar-refractivity contribution in [3.63, 3.8) is 0 Å². The fourth-order valence-corrected chi connectivity index (χ4v) is 3.46. The maximum atomic E-state index is 12.5. The van der Waals surface area contributed by atoms with Crippen LogP contribution in [0.25, 0.3) is 0 Å². The number of likely N-dealkylation sites (tertiary alicyclic amines) is 1. The van der Waals surface area contributed by atoms with Gasteiger partial charge in [-0.25, -0.2) is 4.79 Å². The van der Waals surface area contributed by atoms with Crippen LogP contribution in [0.4, 0.5) is 4.79 Å². The molecule has 0 spiro atoms. The summed E-state index contributed by atoms with van der Waals surface area (Å²) in [5.41, 5.74) is 0. The molecule has 6 nitrogen and oxygen atoms in total. The summed E-state index contributed by atoms with van der Waals surface area (Å²) in [6.45, 7) is 16.7. The van der Waals surface area contributed by atoms with Crippen LogP contribution in [0.15, 0.2) is 25.3 Å². The Labute approximate surface area is 151 Å². The molecule has 6 heteroatoms. The maximum Gasteiger partial charge on any atom is 0.317 e. The summed E-state index contributed by atoms with van der Waals surface area (Å²) >= 11 is 0. The van der Waals surface area contributed by atoms with Crippen LogP contribution in [0.3, 0.4) is 0 Å². The lowest BCUT2D eigenvalue weighted by molar-refractivity contribution is -0.143. The lowest BCUT2D eigenvalue weighted by Crippen LogP contribution is -2.53. The minimum atomic E-state index is -0.826. The van der Waals surface area contributed by atoms with E-state index in [1.165, 1.54) is 0 Å². The van der Waals surface area contributed by atoms with E-state index in [4.69, 9.17) is 0 Å². The number of urea groups is 1. The quantitative estimate of drug-likeness (QED) is 0.626. The van der Waals surface area contributed by atoms with E-state index >= 15 is 0 Å². The van der Waals surface area contributed by atoms with Crippen molar-refractivity contribution in [2.24, 2.45) is 17.8 Å². The molecule has 142 valence electrons. The Bertz CT molecular complexity index is 469. The highest BCUT2D eigenvalue weighted by molar-refractivity contribution is 5.76. The third kappa shape index (κ3) is 6.53. The molecule has 1 rings (SSSR count). The number of aliphatic carboxylic acids is 1. The number of carbonyl (C=O) groups excluding carboxylic acids is 1. The molecule has 1 fully saturated rings. The Morgan fingerprint density at radius 3 is 2.36 bits per heavy atom. The van der Waals surface area contributed by atoms with Gasteiger partial charge in [0.2, 0.25) is 0 Å². The van der Waals surface area contributed by atoms with Gasteiger partial charge in [-0.05, 0) is 18.3 Å². The van der Waals surface area contributed by atoms with Crippen LogP contribution >= 0.6 is 0 Å². The van der Waals surface area contributed by atoms with Crippen LogP contribution in [-0.2, 0) is 4.79 Å². The molecular formula is C19H33N3O3. The van der Waals surface area contributed by atoms with E-state index in [2.05, 4.69) is 37.2 Å². The zero-order chi connectivity index (χ0) is 19.0. The van der Waals surface area contributed by atoms with Crippen molar-refractivity contribution in [1.82, 2.24) is 15.1 Å². The number of piperidine rings is 1. The van der Waals surface area contributed by atoms with Gasteiger partial charge >= 0.3 is 12.0 Å². The van der Waals surface area contributed by atoms with Crippen molar-refractivity contribution in [3.05, 3.63) is 25.3 Å². The molecule has 0 aromatic heterocycles. The molecule has 1 aliphatic rings. The first kappa shape index (κ1) is 21.2. The summed E-state index contributed by atoms with van der Waals surface area (Å²) in [5.74, 6) is -0.757. The van der Waals surface area contributed by atoms with Crippen LogP contribution in [0.2, 0.25) is 0 Å². The van der Waals surface area contributed by atoms with Crippen LogP contribution in [0, 0.1) is 17.8 Å². The van der Waals surface area contributed by atoms with Gasteiger partial charge in [0.15, 0.2) is 0 Å². The summed E-state index contributed by atoms with van der Waals surface area (Å²) in [6.07, 6.45) is 4.33. The van der Waals surface area contributed by atoms with Crippen molar-refractivity contribution in [1.29, 1.82) is 0 Å². The summed E-state index contributed by atoms with van der Waals surface area (Å²) in [4.78, 5) is 27.7. The Balaban J connectivity index is 2.68. The van der Waals surface area contributed by atoms with Crippen LogP contribution in [-0.4, -0.2) is 65.7 Å². The highest BCUT2D eigenvalue weighted by Gasteiger charge is 2.32. The van der Waals surface area contributed by atoms with E-state index in [0.717, 1.165) is 13.1 Å². The number of rotatable bonds is 9. The van der Waals surface area contributed by atoms with Gasteiger partial charge in [0.05, 0.1) is 5.92 Å². The van der Waals surface area contributed by atoms with E-state index in [1.54, 1.807) is 4.90 Å². The van der Waals surface area contributed by atoms with Crippen molar-refractivity contribution >= 4 is 12.0 Å². The van der Waals surface area contributed by atoms with E-state index in [0.29, 0.717) is 25.4 Å². The van der Waals surface area contributed by atoms with Crippen LogP contribution in [0.5, 0.6) is 0 Å². The van der Waals surface area contributed by atoms with Crippen molar-refractivity contribution in [3.8, 4) is 0 Å². The second-order valence-corrected chi connectivity index (χ2v) is 7.31. The molecule has 0 saturated carbocycles. The predicted octanol–water partition coefficient (Wildman–Crippen LogP) is 2.44. The normalized spacial score (nSPS) is 21.9. The monoisotopic (exact) mass is 351 g/mol. The van der Waals surface area contributed by atoms with Gasteiger partial charge in [0, 0.05) is 38.8 Å². The minimum absolute atomic E-state index is 0.164. The molecule has 2 amide bonds. The van der Waals surface area contributed by atoms with Crippen LogP contribution in [0.1, 0.15) is 27.2 Å². The molecule has 0 aromatic rings. The number of carbonyl (C=O) groups is 2. The molecule has 0 aromatic carbocycles. The number of amides is 2. The number of nitrogens with one attached hydrogen (secondary N) is 1. The zero-order valence-electron chi connectivity index (χ0n) is 15.8.